The Kier molecular flexibility index (Phi) is 6.13. The van der Waals surface area contributed by atoms with Gasteiger partial charge in [0.2, 0.25) is 0 Å². The van der Waals surface area contributed by atoms with Crippen LogP contribution in [0.25, 0.3) is 0 Å². The summed E-state index contributed by atoms with van der Waals surface area (Å²) in [5.41, 5.74) is 2.94. The van der Waals surface area contributed by atoms with E-state index >= 15 is 0 Å². The zero-order valence-electron chi connectivity index (χ0n) is 16.9. The summed E-state index contributed by atoms with van der Waals surface area (Å²) in [4.78, 5) is 20.3. The molecule has 162 valence electrons. The number of amidine groups is 1. The Hall–Kier alpha value is -3.07. The van der Waals surface area contributed by atoms with Crippen LogP contribution >= 0.6 is 11.8 Å². The van der Waals surface area contributed by atoms with Crippen LogP contribution in [0.5, 0.6) is 11.5 Å². The SMILES string of the molecule is C=C1N(Cc2ccc3c(c2)CCO3)C(=O)N=C(SC)N1Cc1ccc(OC(F)F)cc1. The average Bonchev–Trinajstić information content (AvgIpc) is 3.21. The third-order valence-corrected chi connectivity index (χ3v) is 5.72. The van der Waals surface area contributed by atoms with Gasteiger partial charge in [-0.15, -0.1) is 0 Å². The summed E-state index contributed by atoms with van der Waals surface area (Å²) in [5, 5.41) is 0.529. The van der Waals surface area contributed by atoms with Crippen LogP contribution in [-0.4, -0.2) is 40.5 Å². The number of halogens is 2. The minimum absolute atomic E-state index is 0.0902. The van der Waals surface area contributed by atoms with Gasteiger partial charge in [-0.2, -0.15) is 13.8 Å². The first-order valence-electron chi connectivity index (χ1n) is 9.63. The van der Waals surface area contributed by atoms with E-state index < -0.39 is 6.61 Å². The second-order valence-electron chi connectivity index (χ2n) is 7.03. The van der Waals surface area contributed by atoms with Crippen molar-refractivity contribution in [3.05, 3.63) is 71.6 Å². The first kappa shape index (κ1) is 21.2. The molecule has 2 aliphatic rings. The number of benzene rings is 2. The first-order valence-corrected chi connectivity index (χ1v) is 10.9. The first-order chi connectivity index (χ1) is 14.9. The van der Waals surface area contributed by atoms with E-state index in [-0.39, 0.29) is 11.8 Å². The molecule has 0 unspecified atom stereocenters. The number of rotatable bonds is 6. The zero-order valence-corrected chi connectivity index (χ0v) is 17.7. The fraction of sp³-hybridized carbons (Fsp3) is 0.273. The number of carbonyl (C=O) groups excluding carboxylic acids is 1. The molecule has 2 aliphatic heterocycles. The number of fused-ring (bicyclic) bond motifs is 1. The number of ether oxygens (including phenoxy) is 2. The molecule has 2 heterocycles. The number of urea groups is 1. The van der Waals surface area contributed by atoms with Crippen LogP contribution in [-0.2, 0) is 19.5 Å². The van der Waals surface area contributed by atoms with E-state index in [0.717, 1.165) is 28.9 Å². The number of carbonyl (C=O) groups is 1. The number of hydrogen-bond donors (Lipinski definition) is 0. The third-order valence-electron chi connectivity index (χ3n) is 5.04. The Morgan fingerprint density at radius 2 is 1.87 bits per heavy atom. The second kappa shape index (κ2) is 8.97. The molecule has 2 aromatic carbocycles. The van der Waals surface area contributed by atoms with E-state index in [9.17, 15) is 13.6 Å². The molecular formula is C22H21F2N3O3S. The maximum absolute atomic E-state index is 12.7. The van der Waals surface area contributed by atoms with Crippen molar-refractivity contribution in [2.24, 2.45) is 4.99 Å². The molecule has 31 heavy (non-hydrogen) atoms. The lowest BCUT2D eigenvalue weighted by Crippen LogP contribution is -2.44. The van der Waals surface area contributed by atoms with Crippen LogP contribution in [0.2, 0.25) is 0 Å². The van der Waals surface area contributed by atoms with Gasteiger partial charge in [-0.1, -0.05) is 42.6 Å². The molecule has 0 aliphatic carbocycles. The van der Waals surface area contributed by atoms with Gasteiger partial charge in [0.25, 0.3) is 0 Å². The Labute approximate surface area is 183 Å². The molecular weight excluding hydrogens is 424 g/mol. The summed E-state index contributed by atoms with van der Waals surface area (Å²) in [7, 11) is 0. The molecule has 9 heteroatoms. The van der Waals surface area contributed by atoms with Crippen molar-refractivity contribution < 1.29 is 23.0 Å². The largest absolute Gasteiger partial charge is 0.493 e. The molecule has 0 N–H and O–H groups in total. The standard InChI is InChI=1S/C22H21F2N3O3S/c1-14-26(13-16-5-8-19-17(11-16)9-10-29-19)21(28)25-22(31-2)27(14)12-15-3-6-18(7-4-15)30-20(23)24/h3-8,11,20H,1,9-10,12-13H2,2H3. The molecule has 0 saturated carbocycles. The molecule has 4 rings (SSSR count). The van der Waals surface area contributed by atoms with Gasteiger partial charge in [-0.3, -0.25) is 4.90 Å². The van der Waals surface area contributed by atoms with Crippen molar-refractivity contribution in [2.75, 3.05) is 12.9 Å². The van der Waals surface area contributed by atoms with Gasteiger partial charge in [0, 0.05) is 6.42 Å². The van der Waals surface area contributed by atoms with E-state index in [4.69, 9.17) is 4.74 Å². The zero-order chi connectivity index (χ0) is 22.0. The van der Waals surface area contributed by atoms with E-state index in [1.165, 1.54) is 28.8 Å². The normalized spacial score (nSPS) is 15.8. The lowest BCUT2D eigenvalue weighted by atomic mass is 10.1. The van der Waals surface area contributed by atoms with E-state index in [0.29, 0.717) is 30.7 Å². The molecule has 0 fully saturated rings. The minimum atomic E-state index is -2.87. The topological polar surface area (TPSA) is 54.4 Å². The Bertz CT molecular complexity index is 1030. The minimum Gasteiger partial charge on any atom is -0.493 e. The highest BCUT2D eigenvalue weighted by molar-refractivity contribution is 8.13. The number of amides is 2. The highest BCUT2D eigenvalue weighted by atomic mass is 32.2. The van der Waals surface area contributed by atoms with Crippen LogP contribution in [0.15, 0.2) is 59.9 Å². The monoisotopic (exact) mass is 445 g/mol. The molecule has 0 spiro atoms. The van der Waals surface area contributed by atoms with E-state index in [2.05, 4.69) is 16.3 Å². The second-order valence-corrected chi connectivity index (χ2v) is 7.81. The van der Waals surface area contributed by atoms with Crippen molar-refractivity contribution >= 4 is 23.0 Å². The molecule has 0 radical (unpaired) electrons. The van der Waals surface area contributed by atoms with Crippen LogP contribution < -0.4 is 9.47 Å². The Balaban J connectivity index is 1.52. The fourth-order valence-corrected chi connectivity index (χ4v) is 4.08. The Morgan fingerprint density at radius 3 is 2.58 bits per heavy atom. The van der Waals surface area contributed by atoms with Crippen LogP contribution in [0, 0.1) is 0 Å². The molecule has 6 nitrogen and oxygen atoms in total. The summed E-state index contributed by atoms with van der Waals surface area (Å²) in [6.07, 6.45) is 2.69. The smallest absolute Gasteiger partial charge is 0.387 e. The molecule has 0 atom stereocenters. The van der Waals surface area contributed by atoms with Crippen molar-refractivity contribution in [1.82, 2.24) is 9.80 Å². The molecule has 0 bridgehead atoms. The van der Waals surface area contributed by atoms with Crippen molar-refractivity contribution in [3.63, 3.8) is 0 Å². The maximum Gasteiger partial charge on any atom is 0.387 e. The number of nitrogens with zero attached hydrogens (tertiary/aromatic N) is 3. The fourth-order valence-electron chi connectivity index (χ4n) is 3.52. The van der Waals surface area contributed by atoms with E-state index in [1.807, 2.05) is 29.4 Å². The average molecular weight is 445 g/mol. The number of thioether (sulfide) groups is 1. The molecule has 0 aromatic heterocycles. The highest BCUT2D eigenvalue weighted by Crippen LogP contribution is 2.30. The molecule has 0 saturated heterocycles. The third kappa shape index (κ3) is 4.66. The van der Waals surface area contributed by atoms with Crippen LogP contribution in [0.3, 0.4) is 0 Å². The molecule has 2 aromatic rings. The van der Waals surface area contributed by atoms with Gasteiger partial charge in [-0.05, 0) is 41.1 Å². The highest BCUT2D eigenvalue weighted by Gasteiger charge is 2.30. The summed E-state index contributed by atoms with van der Waals surface area (Å²) >= 11 is 1.34. The number of hydrogen-bond acceptors (Lipinski definition) is 5. The lowest BCUT2D eigenvalue weighted by molar-refractivity contribution is -0.0498. The van der Waals surface area contributed by atoms with Crippen molar-refractivity contribution in [3.8, 4) is 11.5 Å². The Morgan fingerprint density at radius 1 is 1.16 bits per heavy atom. The maximum atomic E-state index is 12.7. The van der Waals surface area contributed by atoms with Gasteiger partial charge >= 0.3 is 12.6 Å². The summed E-state index contributed by atoms with van der Waals surface area (Å²) in [5.74, 6) is 1.48. The van der Waals surface area contributed by atoms with Crippen LogP contribution in [0.1, 0.15) is 16.7 Å². The van der Waals surface area contributed by atoms with Gasteiger partial charge in [-0.25, -0.2) is 4.79 Å². The molecule has 2 amide bonds. The number of aliphatic imine (C=N–C) groups is 1. The lowest BCUT2D eigenvalue weighted by Gasteiger charge is -2.36. The van der Waals surface area contributed by atoms with Crippen molar-refractivity contribution in [1.29, 1.82) is 0 Å². The predicted molar refractivity (Wildman–Crippen MR) is 115 cm³/mol. The van der Waals surface area contributed by atoms with Gasteiger partial charge in [0.15, 0.2) is 5.17 Å². The van der Waals surface area contributed by atoms with Gasteiger partial charge in [0.1, 0.15) is 17.3 Å². The van der Waals surface area contributed by atoms with Gasteiger partial charge < -0.3 is 14.4 Å². The van der Waals surface area contributed by atoms with Crippen LogP contribution in [0.4, 0.5) is 13.6 Å². The van der Waals surface area contributed by atoms with E-state index in [1.54, 1.807) is 12.1 Å². The van der Waals surface area contributed by atoms with Gasteiger partial charge in [0.05, 0.1) is 19.7 Å². The summed E-state index contributed by atoms with van der Waals surface area (Å²) in [6.45, 7) is 2.66. The summed E-state index contributed by atoms with van der Waals surface area (Å²) < 4.78 is 34.7. The summed E-state index contributed by atoms with van der Waals surface area (Å²) in [6, 6.07) is 11.9. The number of alkyl halides is 2. The predicted octanol–water partition coefficient (Wildman–Crippen LogP) is 4.85. The van der Waals surface area contributed by atoms with Crippen molar-refractivity contribution in [2.45, 2.75) is 26.1 Å². The quantitative estimate of drug-likeness (QED) is 0.636.